The van der Waals surface area contributed by atoms with Gasteiger partial charge in [-0.2, -0.15) is 4.68 Å². The number of aromatic nitrogens is 4. The van der Waals surface area contributed by atoms with E-state index in [1.54, 1.807) is 28.9 Å². The van der Waals surface area contributed by atoms with Gasteiger partial charge in [0.15, 0.2) is 6.29 Å². The SMILES string of the molecule is CCNC(=O)Nc1cccc([C@@H]2O[C@H](CSc3nnnn3-c3ccc(O)cc3)C[C@H](c3ccc(CO)cc3)O2)c1. The molecule has 0 bridgehead atoms. The lowest BCUT2D eigenvalue weighted by Crippen LogP contribution is -2.31. The molecule has 2 heterocycles. The molecule has 0 saturated carbocycles. The van der Waals surface area contributed by atoms with Crippen molar-refractivity contribution in [2.45, 2.75) is 43.6 Å². The fourth-order valence-corrected chi connectivity index (χ4v) is 5.22. The summed E-state index contributed by atoms with van der Waals surface area (Å²) in [6.07, 6.45) is -0.549. The maximum absolute atomic E-state index is 12.0. The van der Waals surface area contributed by atoms with E-state index in [0.29, 0.717) is 29.6 Å². The van der Waals surface area contributed by atoms with Crippen LogP contribution in [0.25, 0.3) is 5.69 Å². The van der Waals surface area contributed by atoms with Crippen LogP contribution in [0, 0.1) is 0 Å². The molecule has 0 aliphatic carbocycles. The number of rotatable bonds is 9. The smallest absolute Gasteiger partial charge is 0.319 e. The zero-order valence-electron chi connectivity index (χ0n) is 21.8. The van der Waals surface area contributed by atoms with Crippen molar-refractivity contribution in [2.24, 2.45) is 0 Å². The molecule has 12 heteroatoms. The van der Waals surface area contributed by atoms with Crippen LogP contribution in [0.15, 0.2) is 78.0 Å². The summed E-state index contributed by atoms with van der Waals surface area (Å²) in [5.74, 6) is 0.719. The number of nitrogens with zero attached hydrogens (tertiary/aromatic N) is 4. The minimum absolute atomic E-state index is 0.0298. The van der Waals surface area contributed by atoms with Crippen molar-refractivity contribution in [1.29, 1.82) is 0 Å². The van der Waals surface area contributed by atoms with E-state index >= 15 is 0 Å². The first kappa shape index (κ1) is 27.6. The molecule has 4 N–H and O–H groups in total. The van der Waals surface area contributed by atoms with E-state index in [1.165, 1.54) is 11.8 Å². The molecule has 208 valence electrons. The van der Waals surface area contributed by atoms with Crippen LogP contribution in [0.1, 0.15) is 42.4 Å². The van der Waals surface area contributed by atoms with Crippen molar-refractivity contribution in [2.75, 3.05) is 17.6 Å². The highest BCUT2D eigenvalue weighted by Gasteiger charge is 2.33. The highest BCUT2D eigenvalue weighted by molar-refractivity contribution is 7.99. The quantitative estimate of drug-likeness (QED) is 0.219. The van der Waals surface area contributed by atoms with Gasteiger partial charge in [-0.25, -0.2) is 4.79 Å². The molecule has 1 aromatic heterocycles. The summed E-state index contributed by atoms with van der Waals surface area (Å²) in [5, 5.41) is 37.3. The van der Waals surface area contributed by atoms with Crippen molar-refractivity contribution >= 4 is 23.5 Å². The number of thioether (sulfide) groups is 1. The van der Waals surface area contributed by atoms with Gasteiger partial charge in [0, 0.05) is 30.0 Å². The monoisotopic (exact) mass is 562 g/mol. The van der Waals surface area contributed by atoms with Crippen LogP contribution in [0.2, 0.25) is 0 Å². The average molecular weight is 563 g/mol. The number of tetrazole rings is 1. The second-order valence-electron chi connectivity index (χ2n) is 9.16. The van der Waals surface area contributed by atoms with Crippen molar-refractivity contribution in [3.63, 3.8) is 0 Å². The van der Waals surface area contributed by atoms with E-state index in [9.17, 15) is 15.0 Å². The first-order chi connectivity index (χ1) is 19.5. The summed E-state index contributed by atoms with van der Waals surface area (Å²) < 4.78 is 14.4. The number of anilines is 1. The minimum atomic E-state index is -0.675. The number of urea groups is 1. The number of phenolic OH excluding ortho intramolecular Hbond substituents is 1. The molecule has 3 atom stereocenters. The predicted molar refractivity (Wildman–Crippen MR) is 149 cm³/mol. The Morgan fingerprint density at radius 1 is 1.07 bits per heavy atom. The van der Waals surface area contributed by atoms with E-state index in [2.05, 4.69) is 26.2 Å². The number of phenols is 1. The zero-order valence-corrected chi connectivity index (χ0v) is 22.6. The van der Waals surface area contributed by atoms with Crippen LogP contribution in [0.4, 0.5) is 10.5 Å². The molecule has 1 fully saturated rings. The largest absolute Gasteiger partial charge is 0.508 e. The summed E-state index contributed by atoms with van der Waals surface area (Å²) >= 11 is 1.46. The molecule has 4 aromatic rings. The van der Waals surface area contributed by atoms with Crippen molar-refractivity contribution in [1.82, 2.24) is 25.5 Å². The number of amides is 2. The fraction of sp³-hybridized carbons (Fsp3) is 0.286. The highest BCUT2D eigenvalue weighted by Crippen LogP contribution is 2.39. The number of aliphatic hydroxyl groups is 1. The standard InChI is InChI=1S/C28H30N6O5S/c1-2-29-27(37)30-21-5-3-4-20(14-21)26-38-24(15-25(39-26)19-8-6-18(16-35)7-9-19)17-40-28-31-32-33-34(28)22-10-12-23(36)13-11-22/h3-14,24-26,35-36H,2,15-17H2,1H3,(H2,29,30,37)/t24-,25+,26+/m0/s1. The van der Waals surface area contributed by atoms with Crippen LogP contribution < -0.4 is 10.6 Å². The van der Waals surface area contributed by atoms with Crippen LogP contribution in [-0.4, -0.2) is 54.9 Å². The molecule has 3 aromatic carbocycles. The van der Waals surface area contributed by atoms with Crippen molar-refractivity contribution in [3.8, 4) is 11.4 Å². The molecular weight excluding hydrogens is 532 g/mol. The number of carbonyl (C=O) groups excluding carboxylic acids is 1. The number of benzene rings is 3. The number of ether oxygens (including phenoxy) is 2. The predicted octanol–water partition coefficient (Wildman–Crippen LogP) is 4.34. The van der Waals surface area contributed by atoms with E-state index in [0.717, 1.165) is 22.4 Å². The van der Waals surface area contributed by atoms with Gasteiger partial charge in [0.1, 0.15) is 5.75 Å². The molecule has 40 heavy (non-hydrogen) atoms. The Morgan fingerprint density at radius 3 is 2.62 bits per heavy atom. The number of aliphatic hydroxyl groups excluding tert-OH is 1. The van der Waals surface area contributed by atoms with Gasteiger partial charge in [-0.15, -0.1) is 5.10 Å². The van der Waals surface area contributed by atoms with Crippen molar-refractivity contribution in [3.05, 3.63) is 89.5 Å². The third kappa shape index (κ3) is 6.77. The number of nitrogens with one attached hydrogen (secondary N) is 2. The molecule has 0 unspecified atom stereocenters. The van der Waals surface area contributed by atoms with Crippen LogP contribution in [0.3, 0.4) is 0 Å². The van der Waals surface area contributed by atoms with E-state index in [1.807, 2.05) is 55.5 Å². The second-order valence-corrected chi connectivity index (χ2v) is 10.1. The zero-order chi connectivity index (χ0) is 27.9. The third-order valence-electron chi connectivity index (χ3n) is 6.30. The highest BCUT2D eigenvalue weighted by atomic mass is 32.2. The summed E-state index contributed by atoms with van der Waals surface area (Å²) in [5.41, 5.74) is 3.93. The summed E-state index contributed by atoms with van der Waals surface area (Å²) in [7, 11) is 0. The molecule has 1 aliphatic heterocycles. The second kappa shape index (κ2) is 12.9. The lowest BCUT2D eigenvalue weighted by molar-refractivity contribution is -0.245. The maximum atomic E-state index is 12.0. The molecule has 2 amide bonds. The van der Waals surface area contributed by atoms with Crippen LogP contribution in [0.5, 0.6) is 5.75 Å². The van der Waals surface area contributed by atoms with E-state index in [4.69, 9.17) is 9.47 Å². The van der Waals surface area contributed by atoms with Crippen LogP contribution >= 0.6 is 11.8 Å². The Bertz CT molecular complexity index is 1420. The average Bonchev–Trinajstić information content (AvgIpc) is 3.45. The molecule has 1 aliphatic rings. The minimum Gasteiger partial charge on any atom is -0.508 e. The number of aromatic hydroxyl groups is 1. The van der Waals surface area contributed by atoms with Gasteiger partial charge in [-0.1, -0.05) is 48.2 Å². The van der Waals surface area contributed by atoms with Crippen molar-refractivity contribution < 1.29 is 24.5 Å². The molecular formula is C28H30N6O5S. The Morgan fingerprint density at radius 2 is 1.88 bits per heavy atom. The molecule has 0 spiro atoms. The first-order valence-electron chi connectivity index (χ1n) is 12.9. The Labute approximate surface area is 235 Å². The van der Waals surface area contributed by atoms with Gasteiger partial charge in [-0.3, -0.25) is 0 Å². The Kier molecular flexibility index (Phi) is 8.91. The van der Waals surface area contributed by atoms with Gasteiger partial charge in [-0.05, 0) is 64.9 Å². The summed E-state index contributed by atoms with van der Waals surface area (Å²) in [6, 6.07) is 21.4. The Hall–Kier alpha value is -3.97. The van der Waals surface area contributed by atoms with Gasteiger partial charge in [0.2, 0.25) is 5.16 Å². The van der Waals surface area contributed by atoms with E-state index < -0.39 is 6.29 Å². The topological polar surface area (TPSA) is 144 Å². The summed E-state index contributed by atoms with van der Waals surface area (Å²) in [4.78, 5) is 12.0. The lowest BCUT2D eigenvalue weighted by atomic mass is 10.0. The normalized spacial score (nSPS) is 18.8. The molecule has 5 rings (SSSR count). The fourth-order valence-electron chi connectivity index (χ4n) is 4.31. The molecule has 1 saturated heterocycles. The van der Waals surface area contributed by atoms with Gasteiger partial charge >= 0.3 is 6.03 Å². The first-order valence-corrected chi connectivity index (χ1v) is 13.9. The maximum Gasteiger partial charge on any atom is 0.319 e. The lowest BCUT2D eigenvalue weighted by Gasteiger charge is -2.36. The third-order valence-corrected chi connectivity index (χ3v) is 7.35. The number of hydrogen-bond donors (Lipinski definition) is 4. The summed E-state index contributed by atoms with van der Waals surface area (Å²) in [6.45, 7) is 2.35. The molecule has 0 radical (unpaired) electrons. The van der Waals surface area contributed by atoms with E-state index in [-0.39, 0.29) is 30.6 Å². The van der Waals surface area contributed by atoms with Crippen LogP contribution in [-0.2, 0) is 16.1 Å². The van der Waals surface area contributed by atoms with Gasteiger partial charge in [0.25, 0.3) is 0 Å². The molecule has 11 nitrogen and oxygen atoms in total. The number of carbonyl (C=O) groups is 1. The number of hydrogen-bond acceptors (Lipinski definition) is 9. The van der Waals surface area contributed by atoms with Gasteiger partial charge in [0.05, 0.1) is 24.5 Å². The van der Waals surface area contributed by atoms with Gasteiger partial charge < -0.3 is 30.3 Å². The Balaban J connectivity index is 1.35.